The molecule has 5 heteroatoms. The van der Waals surface area contributed by atoms with E-state index >= 15 is 0 Å². The Kier molecular flexibility index (Phi) is 8.23. The Labute approximate surface area is 274 Å². The fourth-order valence-corrected chi connectivity index (χ4v) is 7.03. The van der Waals surface area contributed by atoms with Gasteiger partial charge in [-0.1, -0.05) is 65.0 Å². The van der Waals surface area contributed by atoms with Gasteiger partial charge in [-0.2, -0.15) is 0 Å². The summed E-state index contributed by atoms with van der Waals surface area (Å²) in [5.41, 5.74) is 7.13. The molecule has 0 unspecified atom stereocenters. The molecule has 3 aromatic heterocycles. The van der Waals surface area contributed by atoms with Crippen molar-refractivity contribution in [3.05, 3.63) is 139 Å². The van der Waals surface area contributed by atoms with Crippen LogP contribution >= 0.6 is 0 Å². The summed E-state index contributed by atoms with van der Waals surface area (Å²) in [6.45, 7) is -2.19. The van der Waals surface area contributed by atoms with E-state index in [-0.39, 0.29) is 25.7 Å². The molecule has 43 heavy (non-hydrogen) atoms. The zero-order chi connectivity index (χ0) is 31.6. The minimum Gasteiger partial charge on any atom is 0 e. The van der Waals surface area contributed by atoms with Gasteiger partial charge in [0.05, 0.1) is 5.58 Å². The third-order valence-electron chi connectivity index (χ3n) is 7.17. The number of aryl methyl sites for hydroxylation is 1. The number of nitrogens with zero attached hydrogens (tertiary/aromatic N) is 2. The average molecular weight is 801 g/mol. The summed E-state index contributed by atoms with van der Waals surface area (Å²) >= 11 is -1.72. The van der Waals surface area contributed by atoms with Crippen molar-refractivity contribution in [2.45, 2.75) is 24.1 Å². The van der Waals surface area contributed by atoms with Crippen LogP contribution in [0.4, 0.5) is 0 Å². The van der Waals surface area contributed by atoms with Gasteiger partial charge in [0, 0.05) is 35.8 Å². The van der Waals surface area contributed by atoms with Crippen molar-refractivity contribution in [2.24, 2.45) is 0 Å². The third kappa shape index (κ3) is 6.88. The standard InChI is InChI=1S/C24H16NO.C14H16GeN.Ir/c1-16-12-13-25-22(14-16)21-9-5-8-20-19-11-10-18(15-23(19)26-24(20)21)17-6-3-2-4-7-17;1-15(2,3)13-9-10-14(16-11-13)12-7-5-4-6-8-12;/h2-8,10-15H,1H3;4-7,9-11H,1-3H3;/q2*-1;/i1D3;;. The number of benzene rings is 4. The zero-order valence-electron chi connectivity index (χ0n) is 27.2. The smallest absolute Gasteiger partial charge is 0 e. The van der Waals surface area contributed by atoms with Crippen LogP contribution in [0.5, 0.6) is 0 Å². The first-order valence-corrected chi connectivity index (χ1v) is 21.3. The number of furan rings is 1. The number of fused-ring (bicyclic) bond motifs is 3. The van der Waals surface area contributed by atoms with Crippen LogP contribution in [-0.4, -0.2) is 23.2 Å². The Hall–Kier alpha value is -3.83. The predicted molar refractivity (Wildman–Crippen MR) is 177 cm³/mol. The predicted octanol–water partition coefficient (Wildman–Crippen LogP) is 9.52. The fraction of sp³-hybridized carbons (Fsp3) is 0.105. The maximum atomic E-state index is 7.66. The second-order valence-corrected chi connectivity index (χ2v) is 21.8. The van der Waals surface area contributed by atoms with E-state index in [1.165, 1.54) is 16.7 Å². The van der Waals surface area contributed by atoms with Crippen molar-refractivity contribution in [1.82, 2.24) is 9.97 Å². The van der Waals surface area contributed by atoms with E-state index in [4.69, 9.17) is 8.53 Å². The molecule has 0 amide bonds. The summed E-state index contributed by atoms with van der Waals surface area (Å²) in [6, 6.07) is 41.8. The summed E-state index contributed by atoms with van der Waals surface area (Å²) in [5, 5.41) is 1.95. The van der Waals surface area contributed by atoms with Gasteiger partial charge >= 0.3 is 99.8 Å². The van der Waals surface area contributed by atoms with Crippen LogP contribution in [0.15, 0.2) is 126 Å². The molecule has 0 aliphatic rings. The molecule has 3 heterocycles. The molecule has 215 valence electrons. The Morgan fingerprint density at radius 1 is 0.721 bits per heavy atom. The van der Waals surface area contributed by atoms with Crippen LogP contribution < -0.4 is 4.40 Å². The summed E-state index contributed by atoms with van der Waals surface area (Å²) in [5.74, 6) is 7.14. The number of rotatable bonds is 4. The topological polar surface area (TPSA) is 38.9 Å². The maximum absolute atomic E-state index is 7.66. The molecule has 0 atom stereocenters. The number of hydrogen-bond acceptors (Lipinski definition) is 3. The molecule has 4 aromatic carbocycles. The van der Waals surface area contributed by atoms with Crippen molar-refractivity contribution < 1.29 is 28.6 Å². The van der Waals surface area contributed by atoms with Gasteiger partial charge in [-0.3, -0.25) is 0 Å². The van der Waals surface area contributed by atoms with Gasteiger partial charge in [0.15, 0.2) is 0 Å². The van der Waals surface area contributed by atoms with Crippen LogP contribution in [-0.2, 0) is 20.1 Å². The fourth-order valence-electron chi connectivity index (χ4n) is 4.86. The van der Waals surface area contributed by atoms with E-state index in [1.807, 2.05) is 66.9 Å². The summed E-state index contributed by atoms with van der Waals surface area (Å²) < 4.78 is 30.6. The Balaban J connectivity index is 0.000000209. The van der Waals surface area contributed by atoms with Gasteiger partial charge < -0.3 is 9.40 Å². The van der Waals surface area contributed by atoms with E-state index in [0.29, 0.717) is 16.8 Å². The van der Waals surface area contributed by atoms with Gasteiger partial charge in [-0.15, -0.1) is 18.2 Å². The zero-order valence-corrected chi connectivity index (χ0v) is 28.7. The minimum atomic E-state index is -2.19. The summed E-state index contributed by atoms with van der Waals surface area (Å²) in [7, 11) is 0. The monoisotopic (exact) mass is 802 g/mol. The van der Waals surface area contributed by atoms with E-state index in [2.05, 4.69) is 75.8 Å². The van der Waals surface area contributed by atoms with E-state index in [9.17, 15) is 0 Å². The molecular weight excluding hydrogens is 765 g/mol. The quantitative estimate of drug-likeness (QED) is 0.132. The van der Waals surface area contributed by atoms with E-state index in [0.717, 1.165) is 38.7 Å². The molecule has 0 aliphatic carbocycles. The number of pyridine rings is 2. The van der Waals surface area contributed by atoms with Gasteiger partial charge in [0.2, 0.25) is 0 Å². The van der Waals surface area contributed by atoms with Crippen molar-refractivity contribution in [3.8, 4) is 33.6 Å². The van der Waals surface area contributed by atoms with Crippen molar-refractivity contribution in [1.29, 1.82) is 0 Å². The summed E-state index contributed by atoms with van der Waals surface area (Å²) in [4.78, 5) is 8.90. The Bertz CT molecular complexity index is 2070. The third-order valence-corrected chi connectivity index (χ3v) is 11.4. The summed E-state index contributed by atoms with van der Waals surface area (Å²) in [6.07, 6.45) is 3.55. The van der Waals surface area contributed by atoms with Gasteiger partial charge in [-0.05, 0) is 35.8 Å². The number of hydrogen-bond donors (Lipinski definition) is 0. The van der Waals surface area contributed by atoms with Crippen molar-refractivity contribution in [2.75, 3.05) is 0 Å². The van der Waals surface area contributed by atoms with Gasteiger partial charge in [0.1, 0.15) is 5.58 Å². The van der Waals surface area contributed by atoms with Crippen LogP contribution in [0.1, 0.15) is 9.68 Å². The van der Waals surface area contributed by atoms with Crippen molar-refractivity contribution in [3.63, 3.8) is 0 Å². The molecule has 0 aliphatic heterocycles. The first kappa shape index (κ1) is 26.8. The Morgan fingerprint density at radius 2 is 1.56 bits per heavy atom. The largest absolute Gasteiger partial charge is 0 e. The SMILES string of the molecule is [2H]C([2H])([2H])c1ccnc(-c2[c-]ccc3c2oc2cc(-c4ccccc4)ccc23)c1.[CH3][Ge]([CH3])([CH3])[c]1ccc(-c2[c-]cccc2)nc1.[Ir]. The molecule has 0 N–H and O–H groups in total. The van der Waals surface area contributed by atoms with Crippen LogP contribution in [0, 0.1) is 19.0 Å². The number of aromatic nitrogens is 2. The van der Waals surface area contributed by atoms with Crippen LogP contribution in [0.2, 0.25) is 17.3 Å². The molecule has 0 spiro atoms. The molecule has 7 aromatic rings. The molecule has 0 saturated heterocycles. The molecule has 0 bridgehead atoms. The second-order valence-electron chi connectivity index (χ2n) is 11.2. The van der Waals surface area contributed by atoms with Gasteiger partial charge in [0.25, 0.3) is 0 Å². The van der Waals surface area contributed by atoms with Crippen LogP contribution in [0.25, 0.3) is 55.6 Å². The molecule has 3 nitrogen and oxygen atoms in total. The molecule has 1 radical (unpaired) electrons. The van der Waals surface area contributed by atoms with Gasteiger partial charge in [-0.25, -0.2) is 0 Å². The van der Waals surface area contributed by atoms with E-state index in [1.54, 1.807) is 6.07 Å². The first-order chi connectivity index (χ1) is 21.6. The normalized spacial score (nSPS) is 12.4. The molecular formula is C38H32GeIrN2O-2. The van der Waals surface area contributed by atoms with Crippen molar-refractivity contribution >= 4 is 39.6 Å². The molecule has 7 rings (SSSR count). The maximum Gasteiger partial charge on any atom is 0 e. The molecule has 0 saturated carbocycles. The second kappa shape index (κ2) is 13.2. The van der Waals surface area contributed by atoms with E-state index < -0.39 is 20.1 Å². The van der Waals surface area contributed by atoms with Crippen LogP contribution in [0.3, 0.4) is 0 Å². The molecule has 0 fully saturated rings. The minimum absolute atomic E-state index is 0. The first-order valence-electron chi connectivity index (χ1n) is 15.4. The average Bonchev–Trinajstić information content (AvgIpc) is 3.43. The Morgan fingerprint density at radius 3 is 2.28 bits per heavy atom.